The number of rotatable bonds is 5. The van der Waals surface area contributed by atoms with Crippen LogP contribution in [0.1, 0.15) is 23.2 Å². The van der Waals surface area contributed by atoms with Crippen molar-refractivity contribution in [1.29, 1.82) is 0 Å². The van der Waals surface area contributed by atoms with Crippen LogP contribution in [0.4, 0.5) is 0 Å². The third-order valence-electron chi connectivity index (χ3n) is 4.47. The van der Waals surface area contributed by atoms with E-state index in [0.717, 1.165) is 0 Å². The first-order valence-electron chi connectivity index (χ1n) is 8.78. The maximum Gasteiger partial charge on any atom is 0.258 e. The average Bonchev–Trinajstić information content (AvgIpc) is 2.68. The zero-order chi connectivity index (χ0) is 19.2. The number of likely N-dealkylation sites (tertiary alicyclic amines) is 1. The van der Waals surface area contributed by atoms with Gasteiger partial charge >= 0.3 is 0 Å². The van der Waals surface area contributed by atoms with Crippen LogP contribution in [0.25, 0.3) is 0 Å². The molecule has 0 radical (unpaired) electrons. The van der Waals surface area contributed by atoms with Gasteiger partial charge < -0.3 is 15.0 Å². The predicted molar refractivity (Wildman–Crippen MR) is 108 cm³/mol. The molecule has 0 atom stereocenters. The van der Waals surface area contributed by atoms with Crippen LogP contribution in [-0.2, 0) is 4.79 Å². The number of benzene rings is 2. The molecule has 0 bridgehead atoms. The van der Waals surface area contributed by atoms with Crippen molar-refractivity contribution in [2.24, 2.45) is 0 Å². The number of nitrogens with one attached hydrogen (secondary N) is 1. The van der Waals surface area contributed by atoms with Crippen molar-refractivity contribution < 1.29 is 14.3 Å². The van der Waals surface area contributed by atoms with Crippen LogP contribution in [0, 0.1) is 0 Å². The number of ether oxygens (including phenoxy) is 1. The molecular formula is C20H21ClN2O3S. The quantitative estimate of drug-likeness (QED) is 0.750. The summed E-state index contributed by atoms with van der Waals surface area (Å²) >= 11 is 10.2. The maximum atomic E-state index is 12.6. The van der Waals surface area contributed by atoms with Crippen molar-refractivity contribution in [3.63, 3.8) is 0 Å². The van der Waals surface area contributed by atoms with E-state index < -0.39 is 0 Å². The van der Waals surface area contributed by atoms with Gasteiger partial charge in [-0.25, -0.2) is 0 Å². The number of halogens is 1. The summed E-state index contributed by atoms with van der Waals surface area (Å²) in [5, 5.41) is 3.59. The fourth-order valence-electron chi connectivity index (χ4n) is 3.00. The Morgan fingerprint density at radius 1 is 1.11 bits per heavy atom. The SMILES string of the molecule is O=C(COc1ccc(Cl)cc1)NC1CCN(C(=O)c2ccccc2S)CC1. The lowest BCUT2D eigenvalue weighted by molar-refractivity contribution is -0.124. The van der Waals surface area contributed by atoms with E-state index in [9.17, 15) is 9.59 Å². The molecule has 1 aliphatic heterocycles. The molecule has 0 unspecified atom stereocenters. The molecule has 142 valence electrons. The minimum Gasteiger partial charge on any atom is -0.484 e. The molecule has 5 nitrogen and oxygen atoms in total. The number of amides is 2. The fourth-order valence-corrected chi connectivity index (χ4v) is 3.38. The van der Waals surface area contributed by atoms with Crippen LogP contribution in [0.3, 0.4) is 0 Å². The maximum absolute atomic E-state index is 12.6. The third-order valence-corrected chi connectivity index (χ3v) is 5.11. The second-order valence-electron chi connectivity index (χ2n) is 6.39. The highest BCUT2D eigenvalue weighted by Crippen LogP contribution is 2.19. The Morgan fingerprint density at radius 2 is 1.78 bits per heavy atom. The minimum atomic E-state index is -0.171. The van der Waals surface area contributed by atoms with Gasteiger partial charge in [0.05, 0.1) is 5.56 Å². The Morgan fingerprint density at radius 3 is 2.44 bits per heavy atom. The molecule has 2 amide bonds. The Bertz CT molecular complexity index is 805. The molecule has 1 fully saturated rings. The summed E-state index contributed by atoms with van der Waals surface area (Å²) < 4.78 is 5.45. The molecule has 1 aliphatic rings. The van der Waals surface area contributed by atoms with Crippen LogP contribution in [0.2, 0.25) is 5.02 Å². The minimum absolute atomic E-state index is 0.0172. The Hall–Kier alpha value is -2.18. The van der Waals surface area contributed by atoms with E-state index in [1.165, 1.54) is 0 Å². The van der Waals surface area contributed by atoms with Crippen molar-refractivity contribution in [2.45, 2.75) is 23.8 Å². The average molecular weight is 405 g/mol. The topological polar surface area (TPSA) is 58.6 Å². The molecule has 0 aromatic heterocycles. The van der Waals surface area contributed by atoms with Crippen LogP contribution in [0.15, 0.2) is 53.4 Å². The number of carbonyl (C=O) groups excluding carboxylic acids is 2. The summed E-state index contributed by atoms with van der Waals surface area (Å²) in [6, 6.07) is 14.2. The van der Waals surface area contributed by atoms with Gasteiger partial charge in [-0.05, 0) is 49.2 Å². The lowest BCUT2D eigenvalue weighted by Gasteiger charge is -2.32. The number of hydrogen-bond acceptors (Lipinski definition) is 4. The molecule has 7 heteroatoms. The van der Waals surface area contributed by atoms with Crippen LogP contribution in [0.5, 0.6) is 5.75 Å². The van der Waals surface area contributed by atoms with E-state index in [2.05, 4.69) is 17.9 Å². The van der Waals surface area contributed by atoms with Crippen molar-refractivity contribution in [3.8, 4) is 5.75 Å². The molecule has 1 saturated heterocycles. The number of hydrogen-bond donors (Lipinski definition) is 2. The smallest absolute Gasteiger partial charge is 0.258 e. The Balaban J connectivity index is 1.43. The molecule has 1 N–H and O–H groups in total. The van der Waals surface area contributed by atoms with Gasteiger partial charge in [0, 0.05) is 29.0 Å². The van der Waals surface area contributed by atoms with Crippen molar-refractivity contribution in [2.75, 3.05) is 19.7 Å². The van der Waals surface area contributed by atoms with Crippen molar-refractivity contribution >= 4 is 36.0 Å². The first kappa shape index (κ1) is 19.6. The summed E-state index contributed by atoms with van der Waals surface area (Å²) in [6.07, 6.45) is 1.43. The number of nitrogens with zero attached hydrogens (tertiary/aromatic N) is 1. The molecule has 2 aromatic carbocycles. The van der Waals surface area contributed by atoms with Crippen LogP contribution in [-0.4, -0.2) is 42.5 Å². The van der Waals surface area contributed by atoms with E-state index in [0.29, 0.717) is 47.2 Å². The first-order chi connectivity index (χ1) is 13.0. The third kappa shape index (κ3) is 5.40. The van der Waals surface area contributed by atoms with Gasteiger partial charge in [-0.1, -0.05) is 23.7 Å². The van der Waals surface area contributed by atoms with Gasteiger partial charge in [0.2, 0.25) is 0 Å². The Kier molecular flexibility index (Phi) is 6.63. The fraction of sp³-hybridized carbons (Fsp3) is 0.300. The summed E-state index contributed by atoms with van der Waals surface area (Å²) in [5.41, 5.74) is 0.611. The first-order valence-corrected chi connectivity index (χ1v) is 9.60. The van der Waals surface area contributed by atoms with E-state index in [1.54, 1.807) is 30.3 Å². The largest absolute Gasteiger partial charge is 0.484 e. The second-order valence-corrected chi connectivity index (χ2v) is 7.31. The molecule has 1 heterocycles. The van der Waals surface area contributed by atoms with Gasteiger partial charge in [0.15, 0.2) is 6.61 Å². The van der Waals surface area contributed by atoms with E-state index in [1.807, 2.05) is 23.1 Å². The summed E-state index contributed by atoms with van der Waals surface area (Å²) in [7, 11) is 0. The van der Waals surface area contributed by atoms with E-state index >= 15 is 0 Å². The molecule has 0 aliphatic carbocycles. The monoisotopic (exact) mass is 404 g/mol. The molecule has 0 saturated carbocycles. The van der Waals surface area contributed by atoms with Crippen LogP contribution >= 0.6 is 24.2 Å². The number of carbonyl (C=O) groups is 2. The molecule has 0 spiro atoms. The van der Waals surface area contributed by atoms with Gasteiger partial charge in [-0.15, -0.1) is 12.6 Å². The highest BCUT2D eigenvalue weighted by Gasteiger charge is 2.25. The second kappa shape index (κ2) is 9.15. The van der Waals surface area contributed by atoms with E-state index in [-0.39, 0.29) is 24.5 Å². The van der Waals surface area contributed by atoms with E-state index in [4.69, 9.17) is 16.3 Å². The molecular weight excluding hydrogens is 384 g/mol. The molecule has 2 aromatic rings. The summed E-state index contributed by atoms with van der Waals surface area (Å²) in [6.45, 7) is 1.15. The predicted octanol–water partition coefficient (Wildman–Crippen LogP) is 3.43. The highest BCUT2D eigenvalue weighted by atomic mass is 35.5. The normalized spacial score (nSPS) is 14.7. The zero-order valence-corrected chi connectivity index (χ0v) is 16.4. The molecule has 27 heavy (non-hydrogen) atoms. The summed E-state index contributed by atoms with van der Waals surface area (Å²) in [4.78, 5) is 27.2. The highest BCUT2D eigenvalue weighted by molar-refractivity contribution is 7.80. The summed E-state index contributed by atoms with van der Waals surface area (Å²) in [5.74, 6) is 0.410. The van der Waals surface area contributed by atoms with Gasteiger partial charge in [0.1, 0.15) is 5.75 Å². The number of thiol groups is 1. The standard InChI is InChI=1S/C20H21ClN2O3S/c21-14-5-7-16(8-6-14)26-13-19(24)22-15-9-11-23(12-10-15)20(25)17-3-1-2-4-18(17)27/h1-8,15,27H,9-13H2,(H,22,24). The van der Waals surface area contributed by atoms with Crippen molar-refractivity contribution in [1.82, 2.24) is 10.2 Å². The van der Waals surface area contributed by atoms with Gasteiger partial charge in [-0.3, -0.25) is 9.59 Å². The lowest BCUT2D eigenvalue weighted by atomic mass is 10.0. The molecule has 3 rings (SSSR count). The Labute approximate surface area is 169 Å². The van der Waals surface area contributed by atoms with Gasteiger partial charge in [-0.2, -0.15) is 0 Å². The lowest BCUT2D eigenvalue weighted by Crippen LogP contribution is -2.47. The van der Waals surface area contributed by atoms with Gasteiger partial charge in [0.25, 0.3) is 11.8 Å². The van der Waals surface area contributed by atoms with Crippen molar-refractivity contribution in [3.05, 3.63) is 59.1 Å². The zero-order valence-electron chi connectivity index (χ0n) is 14.7. The number of piperidine rings is 1. The van der Waals surface area contributed by atoms with Crippen LogP contribution < -0.4 is 10.1 Å².